The molecule has 2 atom stereocenters. The third kappa shape index (κ3) is 3.36. The first-order valence-electron chi connectivity index (χ1n) is 10.3. The van der Waals surface area contributed by atoms with Gasteiger partial charge in [0.15, 0.2) is 5.75 Å². The lowest BCUT2D eigenvalue weighted by atomic mass is 9.92. The number of para-hydroxylation sites is 3. The van der Waals surface area contributed by atoms with Crippen LogP contribution in [0.3, 0.4) is 0 Å². The van der Waals surface area contributed by atoms with Crippen molar-refractivity contribution in [3.8, 4) is 11.5 Å². The molecule has 3 heterocycles. The van der Waals surface area contributed by atoms with Crippen LogP contribution in [0.5, 0.6) is 11.5 Å². The highest BCUT2D eigenvalue weighted by Crippen LogP contribution is 2.49. The van der Waals surface area contributed by atoms with E-state index < -0.39 is 24.0 Å². The molecule has 0 aliphatic carbocycles. The van der Waals surface area contributed by atoms with E-state index in [2.05, 4.69) is 0 Å². The van der Waals surface area contributed by atoms with E-state index in [1.54, 1.807) is 0 Å². The minimum atomic E-state index is -1.33. The van der Waals surface area contributed by atoms with Crippen molar-refractivity contribution < 1.29 is 29.3 Å². The van der Waals surface area contributed by atoms with Crippen molar-refractivity contribution in [2.45, 2.75) is 12.1 Å². The van der Waals surface area contributed by atoms with Crippen molar-refractivity contribution in [3.63, 3.8) is 0 Å². The van der Waals surface area contributed by atoms with Crippen LogP contribution in [0, 0.1) is 0 Å². The number of carboxylic acids is 2. The number of benzene rings is 2. The topological polar surface area (TPSA) is 112 Å². The van der Waals surface area contributed by atoms with Crippen LogP contribution in [0.25, 0.3) is 0 Å². The lowest BCUT2D eigenvalue weighted by Gasteiger charge is -2.36. The molecule has 0 aromatic heterocycles. The molecular formula is C23H21N3O6. The van der Waals surface area contributed by atoms with Gasteiger partial charge in [-0.15, -0.1) is 0 Å². The SMILES string of the molecule is O=C(O)C=C(C(=O)O)C1N=C(N2CCOCC2)N2c3ccccc3Oc3ccccc3C12. The zero-order chi connectivity index (χ0) is 22.2. The first kappa shape index (κ1) is 20.1. The van der Waals surface area contributed by atoms with Crippen LogP contribution in [0.4, 0.5) is 5.69 Å². The molecule has 2 aromatic carbocycles. The molecular weight excluding hydrogens is 414 g/mol. The number of fused-ring (bicyclic) bond motifs is 5. The summed E-state index contributed by atoms with van der Waals surface area (Å²) < 4.78 is 11.7. The van der Waals surface area contributed by atoms with E-state index in [-0.39, 0.29) is 5.57 Å². The number of aliphatic imine (C=N–C) groups is 1. The second kappa shape index (κ2) is 8.01. The minimum Gasteiger partial charge on any atom is -0.478 e. The number of aliphatic carboxylic acids is 2. The van der Waals surface area contributed by atoms with Crippen LogP contribution >= 0.6 is 0 Å². The largest absolute Gasteiger partial charge is 0.478 e. The third-order valence-corrected chi connectivity index (χ3v) is 5.77. The summed E-state index contributed by atoms with van der Waals surface area (Å²) in [5.74, 6) is -0.879. The zero-order valence-corrected chi connectivity index (χ0v) is 17.0. The second-order valence-corrected chi connectivity index (χ2v) is 7.64. The van der Waals surface area contributed by atoms with Gasteiger partial charge in [-0.1, -0.05) is 30.3 Å². The highest BCUT2D eigenvalue weighted by molar-refractivity contribution is 6.04. The van der Waals surface area contributed by atoms with Crippen LogP contribution in [-0.2, 0) is 14.3 Å². The van der Waals surface area contributed by atoms with Crippen LogP contribution < -0.4 is 9.64 Å². The lowest BCUT2D eigenvalue weighted by Crippen LogP contribution is -2.48. The predicted molar refractivity (Wildman–Crippen MR) is 115 cm³/mol. The summed E-state index contributed by atoms with van der Waals surface area (Å²) in [7, 11) is 0. The number of hydrogen-bond donors (Lipinski definition) is 2. The van der Waals surface area contributed by atoms with Crippen molar-refractivity contribution in [3.05, 3.63) is 65.7 Å². The highest BCUT2D eigenvalue weighted by Gasteiger charge is 2.47. The van der Waals surface area contributed by atoms with Crippen LogP contribution in [0.2, 0.25) is 0 Å². The molecule has 164 valence electrons. The maximum atomic E-state index is 12.1. The van der Waals surface area contributed by atoms with E-state index in [1.165, 1.54) is 0 Å². The van der Waals surface area contributed by atoms with Crippen LogP contribution in [-0.4, -0.2) is 65.4 Å². The molecule has 0 radical (unpaired) electrons. The molecule has 2 N–H and O–H groups in total. The smallest absolute Gasteiger partial charge is 0.334 e. The van der Waals surface area contributed by atoms with Gasteiger partial charge in [-0.2, -0.15) is 0 Å². The molecule has 0 spiro atoms. The van der Waals surface area contributed by atoms with E-state index in [9.17, 15) is 19.8 Å². The summed E-state index contributed by atoms with van der Waals surface area (Å²) in [6, 6.07) is 13.3. The van der Waals surface area contributed by atoms with Crippen molar-refractivity contribution in [1.29, 1.82) is 0 Å². The average Bonchev–Trinajstić information content (AvgIpc) is 3.11. The van der Waals surface area contributed by atoms with Gasteiger partial charge in [0.25, 0.3) is 0 Å². The average molecular weight is 435 g/mol. The molecule has 5 rings (SSSR count). The summed E-state index contributed by atoms with van der Waals surface area (Å²) in [5.41, 5.74) is 1.18. The number of guanidine groups is 1. The fourth-order valence-electron chi connectivity index (χ4n) is 4.41. The number of carboxylic acid groups (broad SMARTS) is 2. The van der Waals surface area contributed by atoms with E-state index >= 15 is 0 Å². The fourth-order valence-corrected chi connectivity index (χ4v) is 4.41. The zero-order valence-electron chi connectivity index (χ0n) is 17.0. The monoisotopic (exact) mass is 435 g/mol. The Morgan fingerprint density at radius 2 is 1.69 bits per heavy atom. The minimum absolute atomic E-state index is 0.287. The first-order chi connectivity index (χ1) is 15.5. The van der Waals surface area contributed by atoms with E-state index in [1.807, 2.05) is 58.3 Å². The fraction of sp³-hybridized carbons (Fsp3) is 0.261. The van der Waals surface area contributed by atoms with Crippen LogP contribution in [0.15, 0.2) is 65.2 Å². The standard InChI is InChI=1S/C23H21N3O6/c27-19(28)13-15(22(29)30)20-21-14-5-1-3-7-17(14)32-18-8-4-2-6-16(18)26(21)23(24-20)25-9-11-31-12-10-25/h1-8,13,20-21H,9-12H2,(H,27,28)(H,29,30). The summed E-state index contributed by atoms with van der Waals surface area (Å²) in [5, 5.41) is 19.3. The van der Waals surface area contributed by atoms with Gasteiger partial charge >= 0.3 is 11.9 Å². The Hall–Kier alpha value is -3.85. The molecule has 1 fully saturated rings. The number of ether oxygens (including phenoxy) is 2. The summed E-state index contributed by atoms with van der Waals surface area (Å²) in [6.45, 7) is 2.22. The quantitative estimate of drug-likeness (QED) is 0.708. The van der Waals surface area contributed by atoms with Gasteiger partial charge in [-0.25, -0.2) is 14.6 Å². The number of hydrogen-bond acceptors (Lipinski definition) is 7. The molecule has 0 amide bonds. The molecule has 32 heavy (non-hydrogen) atoms. The number of morpholine rings is 1. The van der Waals surface area contributed by atoms with Crippen molar-refractivity contribution in [2.24, 2.45) is 4.99 Å². The van der Waals surface area contributed by atoms with Gasteiger partial charge in [0.05, 0.1) is 30.5 Å². The number of anilines is 1. The molecule has 1 saturated heterocycles. The van der Waals surface area contributed by atoms with Gasteiger partial charge < -0.3 is 24.6 Å². The first-order valence-corrected chi connectivity index (χ1v) is 10.3. The summed E-state index contributed by atoms with van der Waals surface area (Å²) >= 11 is 0. The van der Waals surface area contributed by atoms with Gasteiger partial charge in [0, 0.05) is 24.7 Å². The molecule has 3 aliphatic heterocycles. The Morgan fingerprint density at radius 1 is 1.00 bits per heavy atom. The van der Waals surface area contributed by atoms with Gasteiger partial charge in [-0.05, 0) is 18.2 Å². The van der Waals surface area contributed by atoms with E-state index in [4.69, 9.17) is 14.5 Å². The highest BCUT2D eigenvalue weighted by atomic mass is 16.5. The Bertz CT molecular complexity index is 1140. The van der Waals surface area contributed by atoms with Crippen LogP contribution in [0.1, 0.15) is 11.6 Å². The predicted octanol–water partition coefficient (Wildman–Crippen LogP) is 2.51. The molecule has 2 aromatic rings. The Balaban J connectivity index is 1.75. The number of nitrogens with zero attached hydrogens (tertiary/aromatic N) is 3. The molecule has 3 aliphatic rings. The molecule has 9 heteroatoms. The van der Waals surface area contributed by atoms with Crippen molar-refractivity contribution in [2.75, 3.05) is 31.2 Å². The van der Waals surface area contributed by atoms with Gasteiger partial charge in [0.1, 0.15) is 11.8 Å². The number of carbonyl (C=O) groups is 2. The molecule has 9 nitrogen and oxygen atoms in total. The normalized spacial score (nSPS) is 22.1. The van der Waals surface area contributed by atoms with E-state index in [0.717, 1.165) is 17.3 Å². The summed E-state index contributed by atoms with van der Waals surface area (Å²) in [4.78, 5) is 32.4. The molecule has 2 unspecified atom stereocenters. The Labute approximate surface area is 183 Å². The summed E-state index contributed by atoms with van der Waals surface area (Å²) in [6.07, 6.45) is 0.733. The lowest BCUT2D eigenvalue weighted by molar-refractivity contribution is -0.135. The van der Waals surface area contributed by atoms with E-state index in [0.29, 0.717) is 43.8 Å². The third-order valence-electron chi connectivity index (χ3n) is 5.77. The Kier molecular flexibility index (Phi) is 5.02. The Morgan fingerprint density at radius 3 is 2.41 bits per heavy atom. The maximum Gasteiger partial charge on any atom is 0.334 e. The van der Waals surface area contributed by atoms with Crippen molar-refractivity contribution in [1.82, 2.24) is 4.90 Å². The number of rotatable bonds is 3. The maximum absolute atomic E-state index is 12.1. The molecule has 0 saturated carbocycles. The van der Waals surface area contributed by atoms with Gasteiger partial charge in [0.2, 0.25) is 5.96 Å². The van der Waals surface area contributed by atoms with Gasteiger partial charge in [-0.3, -0.25) is 4.90 Å². The molecule has 0 bridgehead atoms. The second-order valence-electron chi connectivity index (χ2n) is 7.64. The van der Waals surface area contributed by atoms with Crippen molar-refractivity contribution >= 4 is 23.6 Å².